The molecule has 0 spiro atoms. The maximum Gasteiger partial charge on any atom is 0.408 e. The maximum atomic E-state index is 14.7. The zero-order chi connectivity index (χ0) is 32.6. The predicted molar refractivity (Wildman–Crippen MR) is 174 cm³/mol. The van der Waals surface area contributed by atoms with E-state index in [1.54, 1.807) is 18.9 Å². The monoisotopic (exact) mass is 634 g/mol. The van der Waals surface area contributed by atoms with E-state index >= 15 is 0 Å². The fraction of sp³-hybridized carbons (Fsp3) is 0.694. The first-order valence-electron chi connectivity index (χ1n) is 17.4. The Labute approximate surface area is 272 Å². The number of methoxy groups -OCH3 is 1. The zero-order valence-electron chi connectivity index (χ0n) is 28.1. The fourth-order valence-corrected chi connectivity index (χ4v) is 8.35. The first kappa shape index (κ1) is 32.5. The van der Waals surface area contributed by atoms with Crippen molar-refractivity contribution in [3.63, 3.8) is 0 Å². The molecule has 2 aliphatic carbocycles. The Morgan fingerprint density at radius 2 is 1.83 bits per heavy atom. The summed E-state index contributed by atoms with van der Waals surface area (Å²) in [7, 11) is 1.62. The standard InChI is InChI=1S/C36H50N4O6/c1-6-25-29-21-40(30(25)22(2)41)33(42)31(35(3)17-11-8-12-18-35)39-34(43)46-36(4)20-23(36)13-9-7-10-14-27-32(45-29)38-28-19-24(44-5)15-16-26(28)37-27/h15-16,19,23,25,29-31H,6-14,17-18,20-21H2,1-5H3,(H,39,43)/t23-,25-,29+,30-,31-,36-/m1/s1. The molecule has 1 aromatic carbocycles. The minimum Gasteiger partial charge on any atom is -0.497 e. The first-order chi connectivity index (χ1) is 22.0. The third-order valence-electron chi connectivity index (χ3n) is 11.3. The summed E-state index contributed by atoms with van der Waals surface area (Å²) in [5, 5.41) is 3.05. The second-order valence-corrected chi connectivity index (χ2v) is 14.6. The van der Waals surface area contributed by atoms with Gasteiger partial charge >= 0.3 is 6.09 Å². The number of benzene rings is 1. The molecule has 2 aromatic rings. The van der Waals surface area contributed by atoms with Crippen LogP contribution < -0.4 is 14.8 Å². The molecule has 3 fully saturated rings. The lowest BCUT2D eigenvalue weighted by molar-refractivity contribution is -0.142. The van der Waals surface area contributed by atoms with Gasteiger partial charge in [0.2, 0.25) is 11.8 Å². The second-order valence-electron chi connectivity index (χ2n) is 14.6. The summed E-state index contributed by atoms with van der Waals surface area (Å²) in [6.07, 6.45) is 9.81. The number of aryl methyl sites for hydroxylation is 1. The predicted octanol–water partition coefficient (Wildman–Crippen LogP) is 6.17. The van der Waals surface area contributed by atoms with Crippen LogP contribution in [0.4, 0.5) is 4.79 Å². The Hall–Kier alpha value is -3.43. The lowest BCUT2D eigenvalue weighted by Crippen LogP contribution is -2.59. The number of carbonyl (C=O) groups excluding carboxylic acids is 3. The molecule has 1 aromatic heterocycles. The number of fused-ring (bicyclic) bond motifs is 5. The Morgan fingerprint density at radius 1 is 1.07 bits per heavy atom. The summed E-state index contributed by atoms with van der Waals surface area (Å²) in [5.41, 5.74) is 1.26. The topological polar surface area (TPSA) is 120 Å². The van der Waals surface area contributed by atoms with Crippen LogP contribution in [0.2, 0.25) is 0 Å². The number of hydrogen-bond acceptors (Lipinski definition) is 8. The van der Waals surface area contributed by atoms with E-state index in [1.807, 2.05) is 32.0 Å². The van der Waals surface area contributed by atoms with Gasteiger partial charge in [0.05, 0.1) is 30.7 Å². The van der Waals surface area contributed by atoms with Gasteiger partial charge in [-0.2, -0.15) is 0 Å². The molecule has 6 atom stereocenters. The fourth-order valence-electron chi connectivity index (χ4n) is 8.35. The molecule has 250 valence electrons. The van der Waals surface area contributed by atoms with Crippen LogP contribution in [0.25, 0.3) is 11.0 Å². The van der Waals surface area contributed by atoms with Gasteiger partial charge in [0.25, 0.3) is 0 Å². The number of amides is 2. The highest BCUT2D eigenvalue weighted by atomic mass is 16.6. The number of hydrogen-bond donors (Lipinski definition) is 1. The van der Waals surface area contributed by atoms with Crippen LogP contribution in [-0.4, -0.2) is 70.1 Å². The lowest BCUT2D eigenvalue weighted by atomic mass is 9.70. The minimum atomic E-state index is -0.804. The van der Waals surface area contributed by atoms with Gasteiger partial charge in [-0.3, -0.25) is 9.59 Å². The highest BCUT2D eigenvalue weighted by molar-refractivity contribution is 5.93. The summed E-state index contributed by atoms with van der Waals surface area (Å²) in [4.78, 5) is 53.1. The molecule has 0 unspecified atom stereocenters. The van der Waals surface area contributed by atoms with E-state index in [4.69, 9.17) is 24.2 Å². The minimum absolute atomic E-state index is 0.0878. The number of nitrogens with one attached hydrogen (secondary N) is 1. The molecule has 0 radical (unpaired) electrons. The average Bonchev–Trinajstić information content (AvgIpc) is 3.50. The lowest BCUT2D eigenvalue weighted by Gasteiger charge is -2.42. The molecule has 46 heavy (non-hydrogen) atoms. The molecule has 2 saturated carbocycles. The van der Waals surface area contributed by atoms with E-state index in [0.29, 0.717) is 35.9 Å². The third-order valence-corrected chi connectivity index (χ3v) is 11.3. The van der Waals surface area contributed by atoms with Gasteiger partial charge in [-0.25, -0.2) is 14.8 Å². The van der Waals surface area contributed by atoms with Crippen LogP contribution >= 0.6 is 0 Å². The smallest absolute Gasteiger partial charge is 0.408 e. The van der Waals surface area contributed by atoms with Crippen molar-refractivity contribution in [2.45, 2.75) is 129 Å². The summed E-state index contributed by atoms with van der Waals surface area (Å²) in [6, 6.07) is 4.18. The molecule has 2 bridgehead atoms. The summed E-state index contributed by atoms with van der Waals surface area (Å²) >= 11 is 0. The number of ketones is 1. The quantitative estimate of drug-likeness (QED) is 0.424. The van der Waals surface area contributed by atoms with Crippen molar-refractivity contribution in [1.29, 1.82) is 0 Å². The molecule has 10 heteroatoms. The zero-order valence-corrected chi connectivity index (χ0v) is 28.1. The number of ether oxygens (including phenoxy) is 3. The Kier molecular flexibility index (Phi) is 9.18. The number of nitrogens with zero attached hydrogens (tertiary/aromatic N) is 3. The third kappa shape index (κ3) is 6.41. The van der Waals surface area contributed by atoms with Crippen molar-refractivity contribution < 1.29 is 28.6 Å². The van der Waals surface area contributed by atoms with E-state index in [0.717, 1.165) is 75.4 Å². The summed E-state index contributed by atoms with van der Waals surface area (Å²) < 4.78 is 18.2. The van der Waals surface area contributed by atoms with Crippen molar-refractivity contribution in [1.82, 2.24) is 20.2 Å². The van der Waals surface area contributed by atoms with E-state index in [1.165, 1.54) is 0 Å². The van der Waals surface area contributed by atoms with Crippen LogP contribution in [0, 0.1) is 17.3 Å². The van der Waals surface area contributed by atoms with Gasteiger partial charge in [-0.05, 0) is 76.3 Å². The molecule has 10 nitrogen and oxygen atoms in total. The number of alkyl carbamates (subject to hydrolysis) is 1. The van der Waals surface area contributed by atoms with E-state index in [2.05, 4.69) is 12.2 Å². The van der Waals surface area contributed by atoms with Gasteiger partial charge in [-0.1, -0.05) is 46.0 Å². The maximum absolute atomic E-state index is 14.7. The Bertz CT molecular complexity index is 1470. The summed E-state index contributed by atoms with van der Waals surface area (Å²) in [5.74, 6) is 0.876. The van der Waals surface area contributed by atoms with Gasteiger partial charge in [-0.15, -0.1) is 0 Å². The first-order valence-corrected chi connectivity index (χ1v) is 17.4. The molecule has 4 aliphatic rings. The highest BCUT2D eigenvalue weighted by Gasteiger charge is 2.55. The van der Waals surface area contributed by atoms with Gasteiger partial charge < -0.3 is 24.4 Å². The van der Waals surface area contributed by atoms with Crippen LogP contribution in [0.15, 0.2) is 18.2 Å². The van der Waals surface area contributed by atoms with Crippen LogP contribution in [0.1, 0.15) is 104 Å². The molecule has 3 heterocycles. The highest BCUT2D eigenvalue weighted by Crippen LogP contribution is 2.50. The number of carbonyl (C=O) groups is 3. The van der Waals surface area contributed by atoms with Gasteiger partial charge in [0.1, 0.15) is 29.2 Å². The summed E-state index contributed by atoms with van der Waals surface area (Å²) in [6.45, 7) is 7.90. The number of Topliss-reactive ketones (excluding diaryl/α,β-unsaturated/α-hetero) is 1. The van der Waals surface area contributed by atoms with Crippen molar-refractivity contribution in [3.05, 3.63) is 23.9 Å². The van der Waals surface area contributed by atoms with Crippen LogP contribution in [0.3, 0.4) is 0 Å². The molecule has 1 saturated heterocycles. The molecule has 1 N–H and O–H groups in total. The second kappa shape index (κ2) is 13.0. The number of aromatic nitrogens is 2. The Balaban J connectivity index is 1.39. The van der Waals surface area contributed by atoms with Crippen molar-refractivity contribution in [2.24, 2.45) is 17.3 Å². The number of rotatable bonds is 4. The van der Waals surface area contributed by atoms with Crippen molar-refractivity contribution in [3.8, 4) is 11.6 Å². The molecule has 2 amide bonds. The molecular formula is C36H50N4O6. The Morgan fingerprint density at radius 3 is 2.54 bits per heavy atom. The average molecular weight is 635 g/mol. The molecule has 6 rings (SSSR count). The SMILES string of the molecule is CC[C@@H]1[C@@H]2CN(C(=O)[C@H](C3(C)CCCCC3)NC(=O)O[C@]3(C)C[C@H]3CCCCCc3nc4ccc(OC)cc4nc3O2)[C@@H]1C(C)=O. The van der Waals surface area contributed by atoms with E-state index < -0.39 is 35.3 Å². The molecular weight excluding hydrogens is 584 g/mol. The van der Waals surface area contributed by atoms with E-state index in [9.17, 15) is 14.4 Å². The van der Waals surface area contributed by atoms with Crippen molar-refractivity contribution >= 4 is 28.8 Å². The van der Waals surface area contributed by atoms with E-state index in [-0.39, 0.29) is 24.2 Å². The van der Waals surface area contributed by atoms with Crippen molar-refractivity contribution in [2.75, 3.05) is 13.7 Å². The van der Waals surface area contributed by atoms with Gasteiger partial charge in [0, 0.05) is 17.9 Å². The largest absolute Gasteiger partial charge is 0.497 e. The normalized spacial score (nSPS) is 31.8. The van der Waals surface area contributed by atoms with Crippen LogP contribution in [-0.2, 0) is 20.7 Å². The van der Waals surface area contributed by atoms with Gasteiger partial charge in [0.15, 0.2) is 5.78 Å². The molecule has 2 aliphatic heterocycles. The van der Waals surface area contributed by atoms with Crippen LogP contribution in [0.5, 0.6) is 11.6 Å².